The fourth-order valence-electron chi connectivity index (χ4n) is 0.838. The highest BCUT2D eigenvalue weighted by Crippen LogP contribution is 2.23. The van der Waals surface area contributed by atoms with E-state index >= 15 is 0 Å². The first-order valence-electron chi connectivity index (χ1n) is 3.69. The molecule has 3 heteroatoms. The highest BCUT2D eigenvalue weighted by Gasteiger charge is 2.17. The van der Waals surface area contributed by atoms with Crippen LogP contribution in [0.15, 0.2) is 11.6 Å². The van der Waals surface area contributed by atoms with Gasteiger partial charge in [-0.1, -0.05) is 20.8 Å². The Morgan fingerprint density at radius 1 is 1.58 bits per heavy atom. The Hall–Kier alpha value is -1.30. The van der Waals surface area contributed by atoms with E-state index in [1.54, 1.807) is 6.07 Å². The summed E-state index contributed by atoms with van der Waals surface area (Å²) in [6.45, 7) is 5.80. The number of hydrogen-bond acceptors (Lipinski definition) is 2. The summed E-state index contributed by atoms with van der Waals surface area (Å²) in [6.07, 6.45) is 1.50. The summed E-state index contributed by atoms with van der Waals surface area (Å²) >= 11 is 0. The van der Waals surface area contributed by atoms with Gasteiger partial charge in [-0.05, 0) is 11.8 Å². The smallest absolute Gasteiger partial charge is 0.332 e. The molecule has 0 unspecified atom stereocenters. The lowest BCUT2D eigenvalue weighted by atomic mass is 9.88. The molecule has 12 heavy (non-hydrogen) atoms. The first-order chi connectivity index (χ1) is 5.37. The summed E-state index contributed by atoms with van der Waals surface area (Å²) < 4.78 is 0. The van der Waals surface area contributed by atoms with Crippen molar-refractivity contribution in [2.24, 2.45) is 5.41 Å². The van der Waals surface area contributed by atoms with Crippen LogP contribution in [0.3, 0.4) is 0 Å². The molecule has 0 fully saturated rings. The van der Waals surface area contributed by atoms with Gasteiger partial charge >= 0.3 is 5.97 Å². The van der Waals surface area contributed by atoms with Crippen molar-refractivity contribution in [3.63, 3.8) is 0 Å². The Kier molecular flexibility index (Phi) is 3.49. The zero-order valence-electron chi connectivity index (χ0n) is 7.59. The van der Waals surface area contributed by atoms with Gasteiger partial charge in [0.15, 0.2) is 0 Å². The van der Waals surface area contributed by atoms with E-state index in [1.807, 2.05) is 20.8 Å². The van der Waals surface area contributed by atoms with Crippen LogP contribution in [0.4, 0.5) is 0 Å². The minimum Gasteiger partial charge on any atom is -0.478 e. The molecule has 0 saturated carbocycles. The van der Waals surface area contributed by atoms with Gasteiger partial charge in [-0.15, -0.1) is 0 Å². The summed E-state index contributed by atoms with van der Waals surface area (Å²) in [4.78, 5) is 10.5. The zero-order valence-corrected chi connectivity index (χ0v) is 7.59. The lowest BCUT2D eigenvalue weighted by Crippen LogP contribution is -2.11. The first-order valence-corrected chi connectivity index (χ1v) is 3.69. The number of aliphatic carboxylic acids is 1. The quantitative estimate of drug-likeness (QED) is 0.505. The molecule has 0 aliphatic carbocycles. The molecule has 0 bridgehead atoms. The third-order valence-corrected chi connectivity index (χ3v) is 1.23. The molecule has 0 aromatic carbocycles. The summed E-state index contributed by atoms with van der Waals surface area (Å²) in [7, 11) is 0. The summed E-state index contributed by atoms with van der Waals surface area (Å²) in [5.74, 6) is -1.01. The Morgan fingerprint density at radius 3 is 2.33 bits per heavy atom. The molecular weight excluding hydrogens is 154 g/mol. The van der Waals surface area contributed by atoms with Crippen LogP contribution in [0.5, 0.6) is 0 Å². The number of hydrogen-bond donors (Lipinski definition) is 1. The van der Waals surface area contributed by atoms with Gasteiger partial charge in [0.05, 0.1) is 6.07 Å². The van der Waals surface area contributed by atoms with Crippen molar-refractivity contribution in [3.8, 4) is 6.07 Å². The van der Waals surface area contributed by atoms with Gasteiger partial charge in [-0.25, -0.2) is 4.79 Å². The largest absolute Gasteiger partial charge is 0.478 e. The van der Waals surface area contributed by atoms with Gasteiger partial charge in [0.2, 0.25) is 0 Å². The number of allylic oxidation sites excluding steroid dienone is 1. The number of carbonyl (C=O) groups is 1. The van der Waals surface area contributed by atoms with E-state index in [2.05, 4.69) is 0 Å². The van der Waals surface area contributed by atoms with E-state index in [0.717, 1.165) is 6.08 Å². The van der Waals surface area contributed by atoms with Crippen molar-refractivity contribution < 1.29 is 9.90 Å². The van der Waals surface area contributed by atoms with Gasteiger partial charge in [0.25, 0.3) is 0 Å². The van der Waals surface area contributed by atoms with Crippen molar-refractivity contribution in [3.05, 3.63) is 11.6 Å². The second-order valence-electron chi connectivity index (χ2n) is 3.84. The molecule has 0 heterocycles. The molecule has 66 valence electrons. The molecule has 0 aliphatic rings. The maximum Gasteiger partial charge on any atom is 0.332 e. The summed E-state index contributed by atoms with van der Waals surface area (Å²) in [5, 5.41) is 16.9. The Morgan fingerprint density at radius 2 is 2.08 bits per heavy atom. The predicted octanol–water partition coefficient (Wildman–Crippen LogP) is 1.96. The monoisotopic (exact) mass is 167 g/mol. The second kappa shape index (κ2) is 3.91. The van der Waals surface area contributed by atoms with E-state index in [0.29, 0.717) is 6.42 Å². The van der Waals surface area contributed by atoms with Crippen LogP contribution in [-0.4, -0.2) is 11.1 Å². The standard InChI is InChI=1S/C9H13NO2/c1-9(2,3)6-7(4-5-10)8(11)12/h4H,6H2,1-3H3,(H,11,12)/b7-4-. The average molecular weight is 167 g/mol. The topological polar surface area (TPSA) is 61.1 Å². The lowest BCUT2D eigenvalue weighted by Gasteiger charge is -2.17. The van der Waals surface area contributed by atoms with E-state index in [4.69, 9.17) is 10.4 Å². The molecule has 0 saturated heterocycles. The van der Waals surface area contributed by atoms with Crippen LogP contribution in [-0.2, 0) is 4.79 Å². The molecule has 1 N–H and O–H groups in total. The summed E-state index contributed by atoms with van der Waals surface area (Å²) in [5.41, 5.74) is 0.0751. The molecular formula is C9H13NO2. The Bertz CT molecular complexity index is 240. The van der Waals surface area contributed by atoms with Gasteiger partial charge < -0.3 is 5.11 Å². The Balaban J connectivity index is 4.50. The van der Waals surface area contributed by atoms with Crippen molar-refractivity contribution >= 4 is 5.97 Å². The van der Waals surface area contributed by atoms with Crippen LogP contribution in [0.25, 0.3) is 0 Å². The molecule has 0 atom stereocenters. The molecule has 0 amide bonds. The molecule has 0 aliphatic heterocycles. The van der Waals surface area contributed by atoms with Crippen LogP contribution in [0, 0.1) is 16.7 Å². The van der Waals surface area contributed by atoms with E-state index < -0.39 is 5.97 Å². The van der Waals surface area contributed by atoms with Crippen LogP contribution in [0.2, 0.25) is 0 Å². The third-order valence-electron chi connectivity index (χ3n) is 1.23. The maximum atomic E-state index is 10.5. The molecule has 0 rings (SSSR count). The number of nitriles is 1. The van der Waals surface area contributed by atoms with Gasteiger partial charge in [0.1, 0.15) is 0 Å². The minimum atomic E-state index is -1.01. The fourth-order valence-corrected chi connectivity index (χ4v) is 0.838. The van der Waals surface area contributed by atoms with E-state index in [1.165, 1.54) is 0 Å². The summed E-state index contributed by atoms with van der Waals surface area (Å²) in [6, 6.07) is 1.73. The van der Waals surface area contributed by atoms with Crippen LogP contribution in [0.1, 0.15) is 27.2 Å². The number of carboxylic acid groups (broad SMARTS) is 1. The van der Waals surface area contributed by atoms with Gasteiger partial charge in [-0.3, -0.25) is 0 Å². The normalized spacial score (nSPS) is 12.3. The second-order valence-corrected chi connectivity index (χ2v) is 3.84. The molecule has 0 radical (unpaired) electrons. The minimum absolute atomic E-state index is 0.0962. The number of rotatable bonds is 2. The lowest BCUT2D eigenvalue weighted by molar-refractivity contribution is -0.133. The zero-order chi connectivity index (χ0) is 9.78. The van der Waals surface area contributed by atoms with Gasteiger partial charge in [-0.2, -0.15) is 5.26 Å². The fraction of sp³-hybridized carbons (Fsp3) is 0.556. The van der Waals surface area contributed by atoms with Crippen molar-refractivity contribution in [1.82, 2.24) is 0 Å². The highest BCUT2D eigenvalue weighted by molar-refractivity contribution is 5.87. The number of carboxylic acids is 1. The molecule has 0 spiro atoms. The molecule has 0 aromatic rings. The number of nitrogens with zero attached hydrogens (tertiary/aromatic N) is 1. The SMILES string of the molecule is CC(C)(C)C/C(=C/C#N)C(=O)O. The van der Waals surface area contributed by atoms with Gasteiger partial charge in [0, 0.05) is 11.6 Å². The average Bonchev–Trinajstić information content (AvgIpc) is 1.83. The third kappa shape index (κ3) is 4.51. The van der Waals surface area contributed by atoms with Crippen molar-refractivity contribution in [2.75, 3.05) is 0 Å². The Labute approximate surface area is 72.3 Å². The maximum absolute atomic E-state index is 10.5. The van der Waals surface area contributed by atoms with Crippen molar-refractivity contribution in [1.29, 1.82) is 5.26 Å². The molecule has 0 aromatic heterocycles. The van der Waals surface area contributed by atoms with E-state index in [9.17, 15) is 4.79 Å². The van der Waals surface area contributed by atoms with E-state index in [-0.39, 0.29) is 11.0 Å². The first kappa shape index (κ1) is 10.7. The predicted molar refractivity (Wildman–Crippen MR) is 45.4 cm³/mol. The van der Waals surface area contributed by atoms with Crippen molar-refractivity contribution in [2.45, 2.75) is 27.2 Å². The van der Waals surface area contributed by atoms with Crippen LogP contribution >= 0.6 is 0 Å². The molecule has 3 nitrogen and oxygen atoms in total. The van der Waals surface area contributed by atoms with Crippen LogP contribution < -0.4 is 0 Å². The highest BCUT2D eigenvalue weighted by atomic mass is 16.4.